The number of hydrogen-bond donors (Lipinski definition) is 2. The van der Waals surface area contributed by atoms with Crippen LogP contribution < -0.4 is 5.32 Å². The summed E-state index contributed by atoms with van der Waals surface area (Å²) in [6.45, 7) is 4.99. The molecule has 0 atom stereocenters. The maximum atomic E-state index is 4.47. The first kappa shape index (κ1) is 11.9. The molecule has 5 nitrogen and oxygen atoms in total. The van der Waals surface area contributed by atoms with Crippen LogP contribution >= 0.6 is 11.8 Å². The van der Waals surface area contributed by atoms with Crippen molar-refractivity contribution >= 4 is 17.7 Å². The highest BCUT2D eigenvalue weighted by molar-refractivity contribution is 7.99. The number of imidazole rings is 1. The molecular formula is C11H15N5S. The summed E-state index contributed by atoms with van der Waals surface area (Å²) in [6.07, 6.45) is 6.42. The second-order valence-corrected chi connectivity index (χ2v) is 4.58. The van der Waals surface area contributed by atoms with Crippen LogP contribution in [0.4, 0.5) is 5.95 Å². The van der Waals surface area contributed by atoms with Gasteiger partial charge in [0.1, 0.15) is 5.03 Å². The smallest absolute Gasteiger partial charge is 0.223 e. The number of anilines is 1. The Morgan fingerprint density at radius 1 is 1.41 bits per heavy atom. The largest absolute Gasteiger partial charge is 0.354 e. The Morgan fingerprint density at radius 3 is 3.00 bits per heavy atom. The predicted molar refractivity (Wildman–Crippen MR) is 68.3 cm³/mol. The van der Waals surface area contributed by atoms with Crippen LogP contribution in [0.15, 0.2) is 28.8 Å². The first-order valence-corrected chi connectivity index (χ1v) is 6.36. The van der Waals surface area contributed by atoms with Crippen LogP contribution in [0.2, 0.25) is 0 Å². The van der Waals surface area contributed by atoms with Gasteiger partial charge in [-0.1, -0.05) is 6.92 Å². The van der Waals surface area contributed by atoms with E-state index in [0.29, 0.717) is 5.95 Å². The van der Waals surface area contributed by atoms with Crippen molar-refractivity contribution in [3.63, 3.8) is 0 Å². The number of H-pyrrole nitrogens is 1. The lowest BCUT2D eigenvalue weighted by Gasteiger charge is -2.06. The van der Waals surface area contributed by atoms with E-state index in [1.807, 2.05) is 13.1 Å². The molecule has 2 rings (SSSR count). The number of rotatable bonds is 5. The fourth-order valence-electron chi connectivity index (χ4n) is 1.25. The molecule has 0 saturated heterocycles. The van der Waals surface area contributed by atoms with Crippen molar-refractivity contribution in [3.05, 3.63) is 24.2 Å². The third-order valence-corrected chi connectivity index (χ3v) is 3.15. The Bertz CT molecular complexity index is 469. The van der Waals surface area contributed by atoms with E-state index >= 15 is 0 Å². The Labute approximate surface area is 104 Å². The number of nitrogens with one attached hydrogen (secondary N) is 2. The van der Waals surface area contributed by atoms with Crippen LogP contribution in [0.25, 0.3) is 0 Å². The fraction of sp³-hybridized carbons (Fsp3) is 0.364. The highest BCUT2D eigenvalue weighted by Gasteiger charge is 2.06. The standard InChI is InChI=1S/C11H15N5S/c1-3-4-12-10-15-7-8(2)9(16-10)17-11-13-5-6-14-11/h5-7H,3-4H2,1-2H3,(H,13,14)(H,12,15,16). The number of aromatic nitrogens is 4. The third kappa shape index (κ3) is 3.20. The van der Waals surface area contributed by atoms with Crippen molar-refractivity contribution in [1.29, 1.82) is 0 Å². The summed E-state index contributed by atoms with van der Waals surface area (Å²) in [6, 6.07) is 0. The zero-order valence-electron chi connectivity index (χ0n) is 9.90. The lowest BCUT2D eigenvalue weighted by atomic mass is 10.4. The fourth-order valence-corrected chi connectivity index (χ4v) is 2.02. The molecule has 2 heterocycles. The number of aryl methyl sites for hydroxylation is 1. The molecular weight excluding hydrogens is 234 g/mol. The summed E-state index contributed by atoms with van der Waals surface area (Å²) < 4.78 is 0. The van der Waals surface area contributed by atoms with Crippen LogP contribution in [0.1, 0.15) is 18.9 Å². The van der Waals surface area contributed by atoms with Gasteiger partial charge in [-0.25, -0.2) is 15.0 Å². The Morgan fingerprint density at radius 2 is 2.29 bits per heavy atom. The lowest BCUT2D eigenvalue weighted by molar-refractivity contribution is 0.922. The molecule has 17 heavy (non-hydrogen) atoms. The van der Waals surface area contributed by atoms with E-state index in [1.54, 1.807) is 12.4 Å². The van der Waals surface area contributed by atoms with Crippen LogP contribution in [-0.4, -0.2) is 26.5 Å². The summed E-state index contributed by atoms with van der Waals surface area (Å²) in [4.78, 5) is 15.9. The van der Waals surface area contributed by atoms with Crippen LogP contribution in [0.3, 0.4) is 0 Å². The van der Waals surface area contributed by atoms with Crippen LogP contribution in [0.5, 0.6) is 0 Å². The van der Waals surface area contributed by atoms with Crippen molar-refractivity contribution < 1.29 is 0 Å². The molecule has 0 aromatic carbocycles. The van der Waals surface area contributed by atoms with Gasteiger partial charge in [0.15, 0.2) is 5.16 Å². The number of nitrogens with zero attached hydrogens (tertiary/aromatic N) is 3. The molecule has 0 spiro atoms. The molecule has 2 aromatic rings. The van der Waals surface area contributed by atoms with Crippen molar-refractivity contribution in [1.82, 2.24) is 19.9 Å². The Hall–Kier alpha value is -1.56. The van der Waals surface area contributed by atoms with Gasteiger partial charge in [0.2, 0.25) is 5.95 Å². The SMILES string of the molecule is CCCNc1ncc(C)c(Sc2ncc[nH]2)n1. The highest BCUT2D eigenvalue weighted by atomic mass is 32.2. The van der Waals surface area contributed by atoms with E-state index in [4.69, 9.17) is 0 Å². The summed E-state index contributed by atoms with van der Waals surface area (Å²) in [7, 11) is 0. The highest BCUT2D eigenvalue weighted by Crippen LogP contribution is 2.25. The Balaban J connectivity index is 2.14. The van der Waals surface area contributed by atoms with Crippen molar-refractivity contribution in [2.45, 2.75) is 30.5 Å². The van der Waals surface area contributed by atoms with E-state index in [1.165, 1.54) is 11.8 Å². The molecule has 0 amide bonds. The number of aromatic amines is 1. The molecule has 0 unspecified atom stereocenters. The molecule has 6 heteroatoms. The van der Waals surface area contributed by atoms with Gasteiger partial charge < -0.3 is 10.3 Å². The van der Waals surface area contributed by atoms with E-state index < -0.39 is 0 Å². The zero-order valence-corrected chi connectivity index (χ0v) is 10.7. The first-order valence-electron chi connectivity index (χ1n) is 5.54. The van der Waals surface area contributed by atoms with Crippen molar-refractivity contribution in [2.24, 2.45) is 0 Å². The van der Waals surface area contributed by atoms with E-state index in [9.17, 15) is 0 Å². The van der Waals surface area contributed by atoms with Crippen LogP contribution in [0, 0.1) is 6.92 Å². The van der Waals surface area contributed by atoms with Gasteiger partial charge in [-0.15, -0.1) is 0 Å². The van der Waals surface area contributed by atoms with Gasteiger partial charge in [-0.05, 0) is 25.1 Å². The van der Waals surface area contributed by atoms with E-state index in [0.717, 1.165) is 28.7 Å². The van der Waals surface area contributed by atoms with Crippen molar-refractivity contribution in [2.75, 3.05) is 11.9 Å². The summed E-state index contributed by atoms with van der Waals surface area (Å²) in [5.74, 6) is 0.673. The van der Waals surface area contributed by atoms with Crippen LogP contribution in [-0.2, 0) is 0 Å². The monoisotopic (exact) mass is 249 g/mol. The van der Waals surface area contributed by atoms with Gasteiger partial charge in [0.05, 0.1) is 0 Å². The Kier molecular flexibility index (Phi) is 3.98. The van der Waals surface area contributed by atoms with Gasteiger partial charge in [0.25, 0.3) is 0 Å². The van der Waals surface area contributed by atoms with Gasteiger partial charge in [0, 0.05) is 30.7 Å². The molecule has 0 fully saturated rings. The molecule has 90 valence electrons. The minimum absolute atomic E-state index is 0.673. The van der Waals surface area contributed by atoms with Gasteiger partial charge in [-0.3, -0.25) is 0 Å². The lowest BCUT2D eigenvalue weighted by Crippen LogP contribution is -2.05. The predicted octanol–water partition coefficient (Wildman–Crippen LogP) is 2.48. The van der Waals surface area contributed by atoms with Gasteiger partial charge >= 0.3 is 0 Å². The molecule has 0 aliphatic carbocycles. The molecule has 0 radical (unpaired) electrons. The maximum absolute atomic E-state index is 4.47. The average molecular weight is 249 g/mol. The molecule has 0 aliphatic rings. The first-order chi connectivity index (χ1) is 8.29. The second kappa shape index (κ2) is 5.67. The molecule has 2 aromatic heterocycles. The van der Waals surface area contributed by atoms with E-state index in [-0.39, 0.29) is 0 Å². The minimum atomic E-state index is 0.673. The quantitative estimate of drug-likeness (QED) is 0.797. The number of hydrogen-bond acceptors (Lipinski definition) is 5. The van der Waals surface area contributed by atoms with E-state index in [2.05, 4.69) is 32.2 Å². The topological polar surface area (TPSA) is 66.5 Å². The molecule has 0 bridgehead atoms. The maximum Gasteiger partial charge on any atom is 0.223 e. The normalized spacial score (nSPS) is 10.5. The second-order valence-electron chi connectivity index (χ2n) is 3.60. The minimum Gasteiger partial charge on any atom is -0.354 e. The molecule has 2 N–H and O–H groups in total. The van der Waals surface area contributed by atoms with Gasteiger partial charge in [-0.2, -0.15) is 0 Å². The molecule has 0 saturated carbocycles. The zero-order chi connectivity index (χ0) is 12.1. The summed E-state index contributed by atoms with van der Waals surface area (Å²) in [5, 5.41) is 4.94. The third-order valence-electron chi connectivity index (χ3n) is 2.12. The van der Waals surface area contributed by atoms with Crippen molar-refractivity contribution in [3.8, 4) is 0 Å². The summed E-state index contributed by atoms with van der Waals surface area (Å²) >= 11 is 1.51. The average Bonchev–Trinajstić information content (AvgIpc) is 2.83. The molecule has 0 aliphatic heterocycles. The summed E-state index contributed by atoms with van der Waals surface area (Å²) in [5.41, 5.74) is 1.05.